The number of carbonyl (C=O) groups is 1. The van der Waals surface area contributed by atoms with Crippen LogP contribution in [0.15, 0.2) is 72.8 Å². The highest BCUT2D eigenvalue weighted by molar-refractivity contribution is 5.85. The van der Waals surface area contributed by atoms with Gasteiger partial charge in [0.15, 0.2) is 0 Å². The number of hydrogen-bond donors (Lipinski definition) is 1. The molecule has 2 fully saturated rings. The fraction of sp³-hybridized carbons (Fsp3) is 0.500. The average Bonchev–Trinajstić information content (AvgIpc) is 3.65. The number of aromatic nitrogens is 2. The number of likely N-dealkylation sites (tertiary alicyclic amines) is 1. The normalized spacial score (nSPS) is 23.7. The van der Waals surface area contributed by atoms with Gasteiger partial charge in [0.2, 0.25) is 0 Å². The molecule has 0 unspecified atom stereocenters. The van der Waals surface area contributed by atoms with E-state index >= 15 is 0 Å². The Bertz CT molecular complexity index is 1590. The van der Waals surface area contributed by atoms with Crippen molar-refractivity contribution in [1.82, 2.24) is 14.7 Å². The molecule has 0 spiro atoms. The molecule has 1 aromatic heterocycles. The Kier molecular flexibility index (Phi) is 9.75. The van der Waals surface area contributed by atoms with Gasteiger partial charge < -0.3 is 5.11 Å². The van der Waals surface area contributed by atoms with Crippen LogP contribution in [0.1, 0.15) is 99.2 Å². The van der Waals surface area contributed by atoms with Gasteiger partial charge in [0.05, 0.1) is 5.69 Å². The molecule has 1 saturated heterocycles. The topological polar surface area (TPSA) is 58.4 Å². The molecule has 0 radical (unpaired) electrons. The van der Waals surface area contributed by atoms with Crippen LogP contribution in [-0.2, 0) is 17.8 Å². The summed E-state index contributed by atoms with van der Waals surface area (Å²) < 4.78 is 2.26. The number of hydrogen-bond acceptors (Lipinski definition) is 3. The van der Waals surface area contributed by atoms with E-state index in [0.717, 1.165) is 32.5 Å². The van der Waals surface area contributed by atoms with Crippen molar-refractivity contribution in [2.24, 2.45) is 17.8 Å². The van der Waals surface area contributed by atoms with Crippen LogP contribution in [0.3, 0.4) is 0 Å². The van der Waals surface area contributed by atoms with Gasteiger partial charge in [-0.05, 0) is 91.7 Å². The van der Waals surface area contributed by atoms with Crippen molar-refractivity contribution in [2.75, 3.05) is 13.1 Å². The van der Waals surface area contributed by atoms with Gasteiger partial charge in [-0.25, -0.2) is 0 Å². The molecule has 0 amide bonds. The lowest BCUT2D eigenvalue weighted by atomic mass is 9.74. The zero-order valence-corrected chi connectivity index (χ0v) is 27.7. The molecule has 3 aromatic carbocycles. The highest BCUT2D eigenvalue weighted by atomic mass is 16.4. The maximum Gasteiger partial charge on any atom is 0.321 e. The molecule has 1 N–H and O–H groups in total. The second-order valence-electron chi connectivity index (χ2n) is 14.0. The van der Waals surface area contributed by atoms with Crippen molar-refractivity contribution >= 4 is 16.7 Å². The Morgan fingerprint density at radius 1 is 0.956 bits per heavy atom. The average molecular weight is 606 g/mol. The molecule has 6 rings (SSSR count). The van der Waals surface area contributed by atoms with Gasteiger partial charge in [-0.3, -0.25) is 14.4 Å². The number of nitrogens with zero attached hydrogens (tertiary/aromatic N) is 3. The summed E-state index contributed by atoms with van der Waals surface area (Å²) in [6, 6.07) is 26.2. The van der Waals surface area contributed by atoms with Crippen LogP contribution in [0.5, 0.6) is 0 Å². The first-order chi connectivity index (χ1) is 21.8. The molecule has 1 aliphatic carbocycles. The predicted octanol–water partition coefficient (Wildman–Crippen LogP) is 8.83. The van der Waals surface area contributed by atoms with E-state index in [4.69, 9.17) is 5.10 Å². The minimum atomic E-state index is -0.666. The molecule has 4 aromatic rings. The van der Waals surface area contributed by atoms with Gasteiger partial charge in [0.1, 0.15) is 6.04 Å². The molecule has 238 valence electrons. The second-order valence-corrected chi connectivity index (χ2v) is 14.0. The Morgan fingerprint density at radius 2 is 1.71 bits per heavy atom. The zero-order chi connectivity index (χ0) is 31.5. The molecule has 0 bridgehead atoms. The van der Waals surface area contributed by atoms with Gasteiger partial charge in [-0.2, -0.15) is 5.10 Å². The number of carboxylic acid groups (broad SMARTS) is 1. The van der Waals surface area contributed by atoms with E-state index in [1.807, 2.05) is 0 Å². The van der Waals surface area contributed by atoms with Crippen LogP contribution in [0.4, 0.5) is 0 Å². The van der Waals surface area contributed by atoms with Crippen LogP contribution in [0, 0.1) is 24.7 Å². The van der Waals surface area contributed by atoms with Gasteiger partial charge in [-0.15, -0.1) is 0 Å². The van der Waals surface area contributed by atoms with Crippen LogP contribution in [0.25, 0.3) is 10.8 Å². The third kappa shape index (κ3) is 6.89. The summed E-state index contributed by atoms with van der Waals surface area (Å²) in [7, 11) is 0. The maximum absolute atomic E-state index is 12.4. The Morgan fingerprint density at radius 3 is 2.44 bits per heavy atom. The monoisotopic (exact) mass is 605 g/mol. The van der Waals surface area contributed by atoms with Gasteiger partial charge in [-0.1, -0.05) is 92.6 Å². The maximum atomic E-state index is 12.4. The highest BCUT2D eigenvalue weighted by Crippen LogP contribution is 2.44. The third-order valence-electron chi connectivity index (χ3n) is 11.1. The summed E-state index contributed by atoms with van der Waals surface area (Å²) in [4.78, 5) is 14.7. The van der Waals surface area contributed by atoms with E-state index in [0.29, 0.717) is 23.7 Å². The van der Waals surface area contributed by atoms with E-state index in [2.05, 4.69) is 110 Å². The lowest BCUT2D eigenvalue weighted by Crippen LogP contribution is -2.44. The largest absolute Gasteiger partial charge is 0.480 e. The molecule has 5 heteroatoms. The van der Waals surface area contributed by atoms with Crippen molar-refractivity contribution in [3.63, 3.8) is 0 Å². The summed E-state index contributed by atoms with van der Waals surface area (Å²) >= 11 is 0. The minimum absolute atomic E-state index is 0.142. The van der Waals surface area contributed by atoms with E-state index in [9.17, 15) is 9.90 Å². The molecule has 2 aliphatic rings. The number of aryl methyl sites for hydroxylation is 2. The lowest BCUT2D eigenvalue weighted by Gasteiger charge is -2.32. The number of aliphatic carboxylic acids is 1. The third-order valence-corrected chi connectivity index (χ3v) is 11.1. The van der Waals surface area contributed by atoms with Crippen molar-refractivity contribution in [1.29, 1.82) is 0 Å². The fourth-order valence-electron chi connectivity index (χ4n) is 8.55. The van der Waals surface area contributed by atoms with Crippen molar-refractivity contribution in [3.05, 3.63) is 101 Å². The van der Waals surface area contributed by atoms with E-state index in [-0.39, 0.29) is 5.92 Å². The van der Waals surface area contributed by atoms with Crippen molar-refractivity contribution in [2.45, 2.75) is 97.1 Å². The van der Waals surface area contributed by atoms with Crippen LogP contribution in [0.2, 0.25) is 0 Å². The van der Waals surface area contributed by atoms with Crippen LogP contribution in [-0.4, -0.2) is 44.9 Å². The van der Waals surface area contributed by atoms with Gasteiger partial charge in [0.25, 0.3) is 0 Å². The number of benzene rings is 3. The zero-order valence-electron chi connectivity index (χ0n) is 27.7. The van der Waals surface area contributed by atoms with Gasteiger partial charge in [0, 0.05) is 43.6 Å². The summed E-state index contributed by atoms with van der Waals surface area (Å²) in [6.45, 7) is 11.2. The molecule has 45 heavy (non-hydrogen) atoms. The Labute approximate surface area is 269 Å². The number of rotatable bonds is 11. The number of fused-ring (bicyclic) bond motifs is 1. The summed E-state index contributed by atoms with van der Waals surface area (Å²) in [5, 5.41) is 17.9. The molecule has 5 nitrogen and oxygen atoms in total. The first-order valence-electron chi connectivity index (χ1n) is 17.4. The van der Waals surface area contributed by atoms with Crippen molar-refractivity contribution < 1.29 is 9.90 Å². The molecular weight excluding hydrogens is 554 g/mol. The van der Waals surface area contributed by atoms with E-state index in [1.54, 1.807) is 0 Å². The number of carboxylic acids is 1. The molecule has 2 heterocycles. The lowest BCUT2D eigenvalue weighted by molar-refractivity contribution is -0.145. The molecular formula is C40H51N3O2. The first kappa shape index (κ1) is 31.5. The molecule has 1 aliphatic heterocycles. The first-order valence-corrected chi connectivity index (χ1v) is 17.4. The SMILES string of the molecule is CC[C@H](C)[C@H](C(=O)O)N1C[C@H](CC2CCC(c3cc(Cc4cccc5ccccc45)nn3CC)CC2)[C@@H](c2cccc(C)c2)C1. The summed E-state index contributed by atoms with van der Waals surface area (Å²) in [5.74, 6) is 1.62. The summed E-state index contributed by atoms with van der Waals surface area (Å²) in [6.07, 6.45) is 7.83. The quantitative estimate of drug-likeness (QED) is 0.186. The molecule has 1 saturated carbocycles. The molecule has 4 atom stereocenters. The fourth-order valence-corrected chi connectivity index (χ4v) is 8.55. The van der Waals surface area contributed by atoms with E-state index in [1.165, 1.54) is 71.0 Å². The smallest absolute Gasteiger partial charge is 0.321 e. The predicted molar refractivity (Wildman–Crippen MR) is 184 cm³/mol. The Hall–Kier alpha value is -3.44. The second kappa shape index (κ2) is 13.9. The highest BCUT2D eigenvalue weighted by Gasteiger charge is 2.42. The van der Waals surface area contributed by atoms with Crippen LogP contribution < -0.4 is 0 Å². The van der Waals surface area contributed by atoms with Crippen LogP contribution >= 0.6 is 0 Å². The standard InChI is InChI=1S/C40H51N3O2/c1-5-28(4)39(40(44)45)42-25-34(37(26-42)32-14-9-11-27(3)21-32)22-29-17-19-31(20-18-29)38-24-35(41-43(38)6-2)23-33-15-10-13-30-12-7-8-16-36(30)33/h7-16,21,24,28-29,31,34,37,39H,5-6,17-20,22-23,25-26H2,1-4H3,(H,44,45)/t28-,29?,31?,34-,37+,39+/m0/s1. The minimum Gasteiger partial charge on any atom is -0.480 e. The summed E-state index contributed by atoms with van der Waals surface area (Å²) in [5.41, 5.74) is 6.60. The van der Waals surface area contributed by atoms with Gasteiger partial charge >= 0.3 is 5.97 Å². The van der Waals surface area contributed by atoms with Crippen molar-refractivity contribution in [3.8, 4) is 0 Å². The Balaban J connectivity index is 1.14. The van der Waals surface area contributed by atoms with E-state index < -0.39 is 12.0 Å².